The molecule has 2 aliphatic rings. The molecule has 0 radical (unpaired) electrons. The van der Waals surface area contributed by atoms with E-state index in [1.165, 1.54) is 0 Å². The van der Waals surface area contributed by atoms with E-state index in [-0.39, 0.29) is 25.8 Å². The van der Waals surface area contributed by atoms with Crippen molar-refractivity contribution in [2.24, 2.45) is 0 Å². The van der Waals surface area contributed by atoms with Gasteiger partial charge in [0.15, 0.2) is 0 Å². The average Bonchev–Trinajstić information content (AvgIpc) is 2.46. The smallest absolute Gasteiger partial charge is 0.260 e. The van der Waals surface area contributed by atoms with E-state index in [0.29, 0.717) is 19.5 Å². The van der Waals surface area contributed by atoms with E-state index in [1.807, 2.05) is 39.6 Å². The summed E-state index contributed by atoms with van der Waals surface area (Å²) >= 11 is 0. The Morgan fingerprint density at radius 2 is 1.09 bits per heavy atom. The normalized spacial score (nSPS) is 23.7. The Hall–Kier alpha value is -0.360. The second-order valence-electron chi connectivity index (χ2n) is 5.36. The molecule has 2 heterocycles. The van der Waals surface area contributed by atoms with E-state index < -0.39 is 11.8 Å². The lowest BCUT2D eigenvalue weighted by atomic mass is 10.1. The van der Waals surface area contributed by atoms with Crippen molar-refractivity contribution in [3.05, 3.63) is 0 Å². The summed E-state index contributed by atoms with van der Waals surface area (Å²) in [5.74, 6) is -4.81. The first kappa shape index (κ1) is 23.9. The minimum atomic E-state index is -2.42. The third-order valence-electron chi connectivity index (χ3n) is 3.30. The van der Waals surface area contributed by atoms with Crippen molar-refractivity contribution in [1.29, 1.82) is 0 Å². The van der Waals surface area contributed by atoms with E-state index in [9.17, 15) is 17.6 Å². The van der Waals surface area contributed by atoms with Crippen LogP contribution in [0.3, 0.4) is 0 Å². The molecule has 0 aromatic rings. The monoisotopic (exact) mass is 330 g/mol. The van der Waals surface area contributed by atoms with Crippen molar-refractivity contribution in [2.45, 2.75) is 65.2 Å². The fraction of sp³-hybridized carbons (Fsp3) is 1.00. The second kappa shape index (κ2) is 12.1. The molecule has 0 aromatic carbocycles. The molecule has 0 aromatic heterocycles. The Labute approximate surface area is 133 Å². The maximum atomic E-state index is 12.4. The average molecular weight is 330 g/mol. The highest BCUT2D eigenvalue weighted by Crippen LogP contribution is 2.26. The highest BCUT2D eigenvalue weighted by Gasteiger charge is 2.33. The van der Waals surface area contributed by atoms with Crippen LogP contribution >= 0.6 is 0 Å². The highest BCUT2D eigenvalue weighted by atomic mass is 19.3. The Kier molecular flexibility index (Phi) is 13.2. The maximum Gasteiger partial charge on any atom is 0.260 e. The summed E-state index contributed by atoms with van der Waals surface area (Å²) in [7, 11) is 3.60. The van der Waals surface area contributed by atoms with Crippen LogP contribution in [0.15, 0.2) is 0 Å². The Morgan fingerprint density at radius 1 is 0.636 bits per heavy atom. The molecule has 2 rings (SSSR count). The molecule has 0 saturated carbocycles. The minimum Gasteiger partial charge on any atom is -0.306 e. The zero-order valence-corrected chi connectivity index (χ0v) is 15.1. The number of piperidine rings is 2. The Morgan fingerprint density at radius 3 is 1.36 bits per heavy atom. The molecule has 2 saturated heterocycles. The van der Waals surface area contributed by atoms with Crippen LogP contribution < -0.4 is 0 Å². The molecule has 0 unspecified atom stereocenters. The van der Waals surface area contributed by atoms with Crippen LogP contribution in [0.2, 0.25) is 0 Å². The van der Waals surface area contributed by atoms with Gasteiger partial charge < -0.3 is 9.80 Å². The summed E-state index contributed by atoms with van der Waals surface area (Å²) in [5, 5.41) is 0. The summed E-state index contributed by atoms with van der Waals surface area (Å²) in [6, 6.07) is 0. The van der Waals surface area contributed by atoms with Crippen LogP contribution in [0, 0.1) is 0 Å². The van der Waals surface area contributed by atoms with Crippen LogP contribution in [0.4, 0.5) is 17.6 Å². The van der Waals surface area contributed by atoms with Gasteiger partial charge in [-0.3, -0.25) is 0 Å². The lowest BCUT2D eigenvalue weighted by Crippen LogP contribution is -2.39. The molecule has 6 heteroatoms. The predicted octanol–water partition coefficient (Wildman–Crippen LogP) is 4.75. The topological polar surface area (TPSA) is 6.48 Å². The van der Waals surface area contributed by atoms with Gasteiger partial charge in [0.05, 0.1) is 6.54 Å². The van der Waals surface area contributed by atoms with Crippen LogP contribution in [-0.4, -0.2) is 61.9 Å². The van der Waals surface area contributed by atoms with Gasteiger partial charge in [0.2, 0.25) is 0 Å². The summed E-state index contributed by atoms with van der Waals surface area (Å²) in [5.41, 5.74) is 0. The number of likely N-dealkylation sites (tertiary alicyclic amines) is 2. The van der Waals surface area contributed by atoms with Crippen molar-refractivity contribution >= 4 is 0 Å². The maximum absolute atomic E-state index is 12.4. The molecule has 22 heavy (non-hydrogen) atoms. The molecule has 0 bridgehead atoms. The lowest BCUT2D eigenvalue weighted by Gasteiger charge is -2.28. The van der Waals surface area contributed by atoms with Gasteiger partial charge in [-0.25, -0.2) is 17.6 Å². The van der Waals surface area contributed by atoms with Gasteiger partial charge in [0, 0.05) is 32.4 Å². The third kappa shape index (κ3) is 12.2. The van der Waals surface area contributed by atoms with Crippen molar-refractivity contribution in [1.82, 2.24) is 9.80 Å². The molecule has 0 atom stereocenters. The molecule has 0 spiro atoms. The molecule has 2 aliphatic heterocycles. The van der Waals surface area contributed by atoms with E-state index in [2.05, 4.69) is 0 Å². The number of halogens is 4. The Bertz CT molecular complexity index is 251. The third-order valence-corrected chi connectivity index (χ3v) is 3.30. The first-order valence-electron chi connectivity index (χ1n) is 8.33. The number of hydrogen-bond donors (Lipinski definition) is 0. The Balaban J connectivity index is 0. The predicted molar refractivity (Wildman–Crippen MR) is 86.1 cm³/mol. The van der Waals surface area contributed by atoms with Gasteiger partial charge in [-0.1, -0.05) is 27.7 Å². The summed E-state index contributed by atoms with van der Waals surface area (Å²) in [4.78, 5) is 3.60. The van der Waals surface area contributed by atoms with Crippen LogP contribution in [-0.2, 0) is 0 Å². The highest BCUT2D eigenvalue weighted by molar-refractivity contribution is 4.76. The first-order chi connectivity index (χ1) is 10.2. The molecule has 0 aliphatic carbocycles. The molecule has 0 N–H and O–H groups in total. The van der Waals surface area contributed by atoms with E-state index in [4.69, 9.17) is 0 Å². The zero-order valence-electron chi connectivity index (χ0n) is 15.1. The van der Waals surface area contributed by atoms with Gasteiger partial charge >= 0.3 is 0 Å². The summed E-state index contributed by atoms with van der Waals surface area (Å²) in [6.45, 7) is 9.82. The van der Waals surface area contributed by atoms with Crippen molar-refractivity contribution in [3.8, 4) is 0 Å². The summed E-state index contributed by atoms with van der Waals surface area (Å²) < 4.78 is 49.5. The molecule has 2 nitrogen and oxygen atoms in total. The van der Waals surface area contributed by atoms with E-state index >= 15 is 0 Å². The molecular weight excluding hydrogens is 296 g/mol. The number of hydrogen-bond acceptors (Lipinski definition) is 2. The van der Waals surface area contributed by atoms with Crippen LogP contribution in [0.25, 0.3) is 0 Å². The van der Waals surface area contributed by atoms with Crippen LogP contribution in [0.5, 0.6) is 0 Å². The zero-order chi connectivity index (χ0) is 17.8. The second-order valence-corrected chi connectivity index (χ2v) is 5.36. The molecular formula is C16H34F4N2. The molecule has 136 valence electrons. The van der Waals surface area contributed by atoms with E-state index in [1.54, 1.807) is 11.9 Å². The van der Waals surface area contributed by atoms with Gasteiger partial charge in [-0.05, 0) is 27.1 Å². The van der Waals surface area contributed by atoms with Crippen LogP contribution in [0.1, 0.15) is 53.4 Å². The molecule has 2 fully saturated rings. The number of alkyl halides is 4. The van der Waals surface area contributed by atoms with Crippen molar-refractivity contribution in [2.75, 3.05) is 40.3 Å². The first-order valence-corrected chi connectivity index (χ1v) is 8.33. The summed E-state index contributed by atoms with van der Waals surface area (Å²) in [6.07, 6.45) is 0.758. The van der Waals surface area contributed by atoms with Gasteiger partial charge in [-0.2, -0.15) is 0 Å². The fourth-order valence-electron chi connectivity index (χ4n) is 2.11. The fourth-order valence-corrected chi connectivity index (χ4v) is 2.11. The number of nitrogens with zero attached hydrogens (tertiary/aromatic N) is 2. The number of rotatable bonds is 0. The van der Waals surface area contributed by atoms with Gasteiger partial charge in [-0.15, -0.1) is 0 Å². The van der Waals surface area contributed by atoms with E-state index in [0.717, 1.165) is 6.54 Å². The quantitative estimate of drug-likeness (QED) is 0.592. The lowest BCUT2D eigenvalue weighted by molar-refractivity contribution is -0.0571. The van der Waals surface area contributed by atoms with Crippen molar-refractivity contribution in [3.63, 3.8) is 0 Å². The van der Waals surface area contributed by atoms with Gasteiger partial charge in [0.1, 0.15) is 0 Å². The van der Waals surface area contributed by atoms with Crippen molar-refractivity contribution < 1.29 is 17.6 Å². The van der Waals surface area contributed by atoms with Gasteiger partial charge in [0.25, 0.3) is 11.8 Å². The molecule has 0 amide bonds. The SMILES string of the molecule is CC.CC.CN1CCC(F)(F)CC1.CN1CCCC(F)(F)C1. The minimum absolute atomic E-state index is 0.0312. The largest absolute Gasteiger partial charge is 0.306 e. The standard InChI is InChI=1S/2C6H11F2N.2C2H6/c1-9-4-2-6(7,8)3-5-9;1-9-4-2-3-6(7,8)5-9;2*1-2/h2*2-5H2,1H3;2*1-2H3.